The molecule has 2 amide bonds. The van der Waals surface area contributed by atoms with E-state index >= 15 is 0 Å². The third-order valence-corrected chi connectivity index (χ3v) is 7.38. The van der Waals surface area contributed by atoms with Crippen molar-refractivity contribution in [2.24, 2.45) is 0 Å². The largest absolute Gasteiger partial charge is 0.364 e. The van der Waals surface area contributed by atoms with Gasteiger partial charge in [-0.25, -0.2) is 0 Å². The van der Waals surface area contributed by atoms with Gasteiger partial charge >= 0.3 is 0 Å². The van der Waals surface area contributed by atoms with E-state index in [-0.39, 0.29) is 28.9 Å². The Labute approximate surface area is 204 Å². The fourth-order valence-corrected chi connectivity index (χ4v) is 6.07. The van der Waals surface area contributed by atoms with Gasteiger partial charge in [0.25, 0.3) is 16.8 Å². The van der Waals surface area contributed by atoms with E-state index in [1.807, 2.05) is 6.07 Å². The summed E-state index contributed by atoms with van der Waals surface area (Å²) in [6, 6.07) is 12.5. The van der Waals surface area contributed by atoms with Gasteiger partial charge in [-0.05, 0) is 86.7 Å². The van der Waals surface area contributed by atoms with Crippen LogP contribution in [0.2, 0.25) is 0 Å². The van der Waals surface area contributed by atoms with Crippen LogP contribution in [0.1, 0.15) is 63.6 Å². The van der Waals surface area contributed by atoms with Crippen molar-refractivity contribution < 1.29 is 14.5 Å². The molecule has 2 aromatic rings. The van der Waals surface area contributed by atoms with Crippen LogP contribution in [0.5, 0.6) is 0 Å². The molecule has 2 aliphatic heterocycles. The maximum absolute atomic E-state index is 13.0. The lowest BCUT2D eigenvalue weighted by molar-refractivity contribution is -0.384. The van der Waals surface area contributed by atoms with Gasteiger partial charge in [-0.15, -0.1) is 0 Å². The normalized spacial score (nSPS) is 20.9. The predicted molar refractivity (Wildman–Crippen MR) is 136 cm³/mol. The molecule has 4 rings (SSSR count). The van der Waals surface area contributed by atoms with Crippen LogP contribution < -0.4 is 4.90 Å². The van der Waals surface area contributed by atoms with Crippen molar-refractivity contribution in [1.82, 2.24) is 4.90 Å². The molecule has 2 heterocycles. The molecule has 0 unspecified atom stereocenters. The topological polar surface area (TPSA) is 83.8 Å². The number of nitro groups is 1. The molecule has 0 bridgehead atoms. The van der Waals surface area contributed by atoms with E-state index in [0.29, 0.717) is 22.4 Å². The van der Waals surface area contributed by atoms with Crippen LogP contribution >= 0.6 is 11.8 Å². The lowest BCUT2D eigenvalue weighted by atomic mass is 9.79. The van der Waals surface area contributed by atoms with E-state index in [1.165, 1.54) is 28.3 Å². The van der Waals surface area contributed by atoms with Crippen molar-refractivity contribution in [2.45, 2.75) is 65.1 Å². The third kappa shape index (κ3) is 4.46. The quantitative estimate of drug-likeness (QED) is 0.283. The summed E-state index contributed by atoms with van der Waals surface area (Å²) in [6.07, 6.45) is 2.82. The number of carbonyl (C=O) groups excluding carboxylic acids is 2. The fourth-order valence-electron chi connectivity index (χ4n) is 5.23. The van der Waals surface area contributed by atoms with Crippen LogP contribution in [0, 0.1) is 10.1 Å². The summed E-state index contributed by atoms with van der Waals surface area (Å²) < 4.78 is 0. The smallest absolute Gasteiger partial charge is 0.293 e. The van der Waals surface area contributed by atoms with Crippen LogP contribution in [-0.4, -0.2) is 32.6 Å². The number of amides is 2. The molecule has 34 heavy (non-hydrogen) atoms. The zero-order valence-electron chi connectivity index (χ0n) is 20.1. The second-order valence-corrected chi connectivity index (χ2v) is 10.9. The lowest BCUT2D eigenvalue weighted by Crippen LogP contribution is -2.51. The molecule has 1 atom stereocenters. The number of benzene rings is 2. The summed E-state index contributed by atoms with van der Waals surface area (Å²) in [5, 5.41) is 10.5. The van der Waals surface area contributed by atoms with Crippen LogP contribution in [0.4, 0.5) is 16.2 Å². The average molecular weight is 480 g/mol. The van der Waals surface area contributed by atoms with E-state index < -0.39 is 4.92 Å². The second kappa shape index (κ2) is 8.91. The number of imide groups is 1. The van der Waals surface area contributed by atoms with Crippen LogP contribution in [0.3, 0.4) is 0 Å². The number of nitro benzene ring substituents is 1. The molecule has 0 aromatic heterocycles. The molecule has 0 N–H and O–H groups in total. The zero-order chi connectivity index (χ0) is 24.8. The van der Waals surface area contributed by atoms with Crippen LogP contribution in [-0.2, 0) is 11.3 Å². The second-order valence-electron chi connectivity index (χ2n) is 9.89. The van der Waals surface area contributed by atoms with Crippen LogP contribution in [0.25, 0.3) is 6.08 Å². The minimum Gasteiger partial charge on any atom is -0.364 e. The highest BCUT2D eigenvalue weighted by molar-refractivity contribution is 8.18. The van der Waals surface area contributed by atoms with Gasteiger partial charge in [-0.3, -0.25) is 24.6 Å². The molecule has 2 aromatic carbocycles. The number of thioether (sulfide) groups is 1. The summed E-state index contributed by atoms with van der Waals surface area (Å²) in [4.78, 5) is 39.9. The molecule has 8 heteroatoms. The monoisotopic (exact) mass is 479 g/mol. The number of hydrogen-bond donors (Lipinski definition) is 0. The van der Waals surface area contributed by atoms with Crippen molar-refractivity contribution in [2.75, 3.05) is 4.90 Å². The molecule has 2 aliphatic rings. The highest BCUT2D eigenvalue weighted by atomic mass is 32.2. The molecule has 0 spiro atoms. The van der Waals surface area contributed by atoms with Crippen LogP contribution in [0.15, 0.2) is 47.4 Å². The highest BCUT2D eigenvalue weighted by Gasteiger charge is 2.38. The first-order valence-electron chi connectivity index (χ1n) is 11.4. The van der Waals surface area contributed by atoms with E-state index in [4.69, 9.17) is 0 Å². The lowest BCUT2D eigenvalue weighted by Gasteiger charge is -2.50. The Bertz CT molecular complexity index is 1190. The standard InChI is InChI=1S/C26H29N3O4S/c1-16(2)28-22-11-8-19(12-21(22)17(3)14-26(28,4)5)13-23-24(30)27(25(31)34-23)15-18-6-9-20(10-7-18)29(32)33/h6-13,16-17H,14-15H2,1-5H3/b23-13-/t17-/m1/s1. The molecule has 7 nitrogen and oxygen atoms in total. The molecule has 178 valence electrons. The minimum absolute atomic E-state index is 0.0288. The Morgan fingerprint density at radius 1 is 1.18 bits per heavy atom. The van der Waals surface area contributed by atoms with Crippen molar-refractivity contribution in [3.05, 3.63) is 74.2 Å². The van der Waals surface area contributed by atoms with Crippen molar-refractivity contribution in [3.8, 4) is 0 Å². The molecule has 0 saturated carbocycles. The number of carbonyl (C=O) groups is 2. The van der Waals surface area contributed by atoms with Crippen molar-refractivity contribution >= 4 is 40.4 Å². The molecule has 0 aliphatic carbocycles. The number of non-ortho nitro benzene ring substituents is 1. The predicted octanol–water partition coefficient (Wildman–Crippen LogP) is 6.33. The number of fused-ring (bicyclic) bond motifs is 1. The van der Waals surface area contributed by atoms with Gasteiger partial charge in [0, 0.05) is 29.4 Å². The Morgan fingerprint density at radius 2 is 1.85 bits per heavy atom. The zero-order valence-corrected chi connectivity index (χ0v) is 20.9. The van der Waals surface area contributed by atoms with Gasteiger partial charge in [0.05, 0.1) is 16.4 Å². The van der Waals surface area contributed by atoms with E-state index in [1.54, 1.807) is 18.2 Å². The first-order valence-corrected chi connectivity index (χ1v) is 12.2. The number of nitrogens with zero attached hydrogens (tertiary/aromatic N) is 3. The summed E-state index contributed by atoms with van der Waals surface area (Å²) >= 11 is 0.927. The number of anilines is 1. The molecule has 1 fully saturated rings. The molecule has 1 saturated heterocycles. The Kier molecular flexibility index (Phi) is 6.29. The Balaban J connectivity index is 1.58. The molecular formula is C26H29N3O4S. The van der Waals surface area contributed by atoms with Gasteiger partial charge < -0.3 is 4.90 Å². The van der Waals surface area contributed by atoms with E-state index in [0.717, 1.165) is 23.7 Å². The van der Waals surface area contributed by atoms with Crippen molar-refractivity contribution in [3.63, 3.8) is 0 Å². The van der Waals surface area contributed by atoms with E-state index in [2.05, 4.69) is 51.7 Å². The summed E-state index contributed by atoms with van der Waals surface area (Å²) in [6.45, 7) is 11.3. The first-order chi connectivity index (χ1) is 16.0. The fraction of sp³-hybridized carbons (Fsp3) is 0.385. The Hall–Kier alpha value is -3.13. The average Bonchev–Trinajstić information content (AvgIpc) is 3.01. The summed E-state index contributed by atoms with van der Waals surface area (Å²) in [7, 11) is 0. The van der Waals surface area contributed by atoms with Gasteiger partial charge in [0.2, 0.25) is 0 Å². The van der Waals surface area contributed by atoms with E-state index in [9.17, 15) is 19.7 Å². The number of rotatable bonds is 5. The summed E-state index contributed by atoms with van der Waals surface area (Å²) in [5.74, 6) is 0.0367. The molecular weight excluding hydrogens is 450 g/mol. The number of hydrogen-bond acceptors (Lipinski definition) is 6. The molecule has 0 radical (unpaired) electrons. The van der Waals surface area contributed by atoms with Gasteiger partial charge in [-0.2, -0.15) is 0 Å². The van der Waals surface area contributed by atoms with Crippen molar-refractivity contribution in [1.29, 1.82) is 0 Å². The maximum atomic E-state index is 13.0. The van der Waals surface area contributed by atoms with Gasteiger partial charge in [0.15, 0.2) is 0 Å². The minimum atomic E-state index is -0.479. The third-order valence-electron chi connectivity index (χ3n) is 6.48. The Morgan fingerprint density at radius 3 is 2.47 bits per heavy atom. The van der Waals surface area contributed by atoms with Gasteiger partial charge in [0.1, 0.15) is 0 Å². The SMILES string of the molecule is CC(C)N1c2ccc(/C=C3\SC(=O)N(Cc4ccc([N+](=O)[O-])cc4)C3=O)cc2[C@H](C)CC1(C)C. The van der Waals surface area contributed by atoms with Gasteiger partial charge in [-0.1, -0.05) is 25.1 Å². The first kappa shape index (κ1) is 24.0. The summed E-state index contributed by atoms with van der Waals surface area (Å²) in [5.41, 5.74) is 4.07. The highest BCUT2D eigenvalue weighted by Crippen LogP contribution is 2.45. The maximum Gasteiger partial charge on any atom is 0.293 e.